The van der Waals surface area contributed by atoms with Crippen LogP contribution in [0.3, 0.4) is 0 Å². The van der Waals surface area contributed by atoms with E-state index >= 15 is 0 Å². The van der Waals surface area contributed by atoms with Crippen molar-refractivity contribution in [2.45, 2.75) is 45.2 Å². The quantitative estimate of drug-likeness (QED) is 0.751. The first-order chi connectivity index (χ1) is 11.7. The monoisotopic (exact) mass is 334 g/mol. The lowest BCUT2D eigenvalue weighted by atomic mass is 10.2. The molecule has 0 saturated carbocycles. The molecular formula is C19H34N4O. The molecule has 1 saturated heterocycles. The van der Waals surface area contributed by atoms with Crippen LogP contribution in [-0.4, -0.2) is 62.9 Å². The predicted octanol–water partition coefficient (Wildman–Crippen LogP) is 2.52. The van der Waals surface area contributed by atoms with Gasteiger partial charge in [-0.3, -0.25) is 0 Å². The lowest BCUT2D eigenvalue weighted by Crippen LogP contribution is -2.39. The van der Waals surface area contributed by atoms with Crippen molar-refractivity contribution in [2.24, 2.45) is 0 Å². The van der Waals surface area contributed by atoms with Gasteiger partial charge in [-0.25, -0.2) is 4.98 Å². The van der Waals surface area contributed by atoms with Crippen molar-refractivity contribution in [3.05, 3.63) is 23.9 Å². The molecule has 0 aromatic carbocycles. The molecule has 0 bridgehead atoms. The summed E-state index contributed by atoms with van der Waals surface area (Å²) >= 11 is 0. The highest BCUT2D eigenvalue weighted by atomic mass is 16.5. The lowest BCUT2D eigenvalue weighted by Gasteiger charge is -2.24. The minimum absolute atomic E-state index is 0.507. The Kier molecular flexibility index (Phi) is 8.50. The maximum absolute atomic E-state index is 5.11. The van der Waals surface area contributed by atoms with E-state index < -0.39 is 0 Å². The Morgan fingerprint density at radius 2 is 2.00 bits per heavy atom. The number of aromatic nitrogens is 1. The van der Waals surface area contributed by atoms with Crippen molar-refractivity contribution in [3.8, 4) is 0 Å². The minimum atomic E-state index is 0.507. The number of nitrogens with one attached hydrogen (secondary N) is 1. The van der Waals surface area contributed by atoms with Crippen LogP contribution in [0.2, 0.25) is 0 Å². The molecule has 1 aromatic heterocycles. The predicted molar refractivity (Wildman–Crippen MR) is 101 cm³/mol. The second-order valence-corrected chi connectivity index (χ2v) is 6.94. The Labute approximate surface area is 147 Å². The first-order valence-electron chi connectivity index (χ1n) is 9.30. The molecule has 5 heteroatoms. The van der Waals surface area contributed by atoms with Crippen LogP contribution in [0, 0.1) is 0 Å². The van der Waals surface area contributed by atoms with Crippen LogP contribution in [0.5, 0.6) is 0 Å². The highest BCUT2D eigenvalue weighted by Gasteiger charge is 2.12. The van der Waals surface area contributed by atoms with Gasteiger partial charge in [0.25, 0.3) is 0 Å². The third-order valence-corrected chi connectivity index (χ3v) is 4.72. The van der Waals surface area contributed by atoms with Crippen LogP contribution in [0.15, 0.2) is 18.3 Å². The van der Waals surface area contributed by atoms with Gasteiger partial charge >= 0.3 is 0 Å². The number of nitrogens with zero attached hydrogens (tertiary/aromatic N) is 3. The zero-order chi connectivity index (χ0) is 17.2. The van der Waals surface area contributed by atoms with Gasteiger partial charge in [0.05, 0.1) is 6.61 Å². The average molecular weight is 335 g/mol. The molecule has 1 N–H and O–H groups in total. The Morgan fingerprint density at radius 1 is 1.25 bits per heavy atom. The molecule has 1 fully saturated rings. The molecule has 0 aliphatic carbocycles. The highest BCUT2D eigenvalue weighted by Crippen LogP contribution is 2.11. The van der Waals surface area contributed by atoms with Gasteiger partial charge in [0.15, 0.2) is 0 Å². The summed E-state index contributed by atoms with van der Waals surface area (Å²) in [6.07, 6.45) is 7.48. The van der Waals surface area contributed by atoms with Gasteiger partial charge in [-0.05, 0) is 44.5 Å². The topological polar surface area (TPSA) is 40.6 Å². The summed E-state index contributed by atoms with van der Waals surface area (Å²) in [5, 5.41) is 3.63. The molecule has 0 amide bonds. The van der Waals surface area contributed by atoms with E-state index in [0.29, 0.717) is 6.04 Å². The summed E-state index contributed by atoms with van der Waals surface area (Å²) in [4.78, 5) is 9.28. The molecule has 24 heavy (non-hydrogen) atoms. The van der Waals surface area contributed by atoms with E-state index in [1.807, 2.05) is 13.2 Å². The maximum Gasteiger partial charge on any atom is 0.128 e. The van der Waals surface area contributed by atoms with E-state index in [9.17, 15) is 0 Å². The normalized spacial score (nSPS) is 17.5. The van der Waals surface area contributed by atoms with E-state index in [1.54, 1.807) is 7.11 Å². The van der Waals surface area contributed by atoms with Gasteiger partial charge in [-0.2, -0.15) is 0 Å². The van der Waals surface area contributed by atoms with E-state index in [4.69, 9.17) is 4.74 Å². The smallest absolute Gasteiger partial charge is 0.128 e. The summed E-state index contributed by atoms with van der Waals surface area (Å²) in [5.41, 5.74) is 1.24. The van der Waals surface area contributed by atoms with Crippen molar-refractivity contribution in [2.75, 3.05) is 51.8 Å². The van der Waals surface area contributed by atoms with E-state index in [-0.39, 0.29) is 0 Å². The van der Waals surface area contributed by atoms with E-state index in [1.165, 1.54) is 44.3 Å². The summed E-state index contributed by atoms with van der Waals surface area (Å²) in [7, 11) is 3.77. The molecule has 5 nitrogen and oxygen atoms in total. The molecule has 1 aliphatic rings. The number of rotatable bonds is 9. The highest BCUT2D eigenvalue weighted by molar-refractivity contribution is 5.38. The van der Waals surface area contributed by atoms with Crippen molar-refractivity contribution < 1.29 is 4.74 Å². The summed E-state index contributed by atoms with van der Waals surface area (Å²) in [6, 6.07) is 4.76. The van der Waals surface area contributed by atoms with Crippen molar-refractivity contribution in [1.29, 1.82) is 0 Å². The Bertz CT molecular complexity index is 443. The largest absolute Gasteiger partial charge is 0.383 e. The fourth-order valence-corrected chi connectivity index (χ4v) is 3.15. The van der Waals surface area contributed by atoms with Gasteiger partial charge in [0.2, 0.25) is 0 Å². The molecule has 1 unspecified atom stereocenters. The standard InChI is InChI=1S/C19H34N4O/c1-17(16-23-10-6-4-5-7-11-23)20-14-18-8-9-19(21-15-18)22(2)12-13-24-3/h8-9,15,17,20H,4-7,10-14,16H2,1-3H3. The van der Waals surface area contributed by atoms with Crippen molar-refractivity contribution in [3.63, 3.8) is 0 Å². The molecule has 2 rings (SSSR count). The Balaban J connectivity index is 1.72. The van der Waals surface area contributed by atoms with Gasteiger partial charge in [0.1, 0.15) is 5.82 Å². The molecule has 1 aliphatic heterocycles. The fourth-order valence-electron chi connectivity index (χ4n) is 3.15. The van der Waals surface area contributed by atoms with Crippen LogP contribution in [0.4, 0.5) is 5.82 Å². The molecule has 1 aromatic rings. The second kappa shape index (κ2) is 10.6. The van der Waals surface area contributed by atoms with Crippen LogP contribution in [0.1, 0.15) is 38.2 Å². The average Bonchev–Trinajstić information content (AvgIpc) is 2.87. The van der Waals surface area contributed by atoms with E-state index in [0.717, 1.165) is 32.1 Å². The number of ether oxygens (including phenoxy) is 1. The Morgan fingerprint density at radius 3 is 2.62 bits per heavy atom. The van der Waals surface area contributed by atoms with Crippen LogP contribution in [-0.2, 0) is 11.3 Å². The van der Waals surface area contributed by atoms with E-state index in [2.05, 4.69) is 39.2 Å². The van der Waals surface area contributed by atoms with Gasteiger partial charge in [0, 0.05) is 46.0 Å². The zero-order valence-corrected chi connectivity index (χ0v) is 15.6. The second-order valence-electron chi connectivity index (χ2n) is 6.94. The first-order valence-corrected chi connectivity index (χ1v) is 9.30. The summed E-state index contributed by atoms with van der Waals surface area (Å²) < 4.78 is 5.11. The summed E-state index contributed by atoms with van der Waals surface area (Å²) in [5.74, 6) is 0.994. The minimum Gasteiger partial charge on any atom is -0.383 e. The molecule has 1 atom stereocenters. The number of likely N-dealkylation sites (tertiary alicyclic amines) is 1. The molecule has 2 heterocycles. The zero-order valence-electron chi connectivity index (χ0n) is 15.6. The van der Waals surface area contributed by atoms with Crippen molar-refractivity contribution in [1.82, 2.24) is 15.2 Å². The lowest BCUT2D eigenvalue weighted by molar-refractivity contribution is 0.206. The summed E-state index contributed by atoms with van der Waals surface area (Å²) in [6.45, 7) is 8.40. The molecule has 136 valence electrons. The molecule has 0 spiro atoms. The third-order valence-electron chi connectivity index (χ3n) is 4.72. The van der Waals surface area contributed by atoms with Gasteiger partial charge < -0.3 is 19.9 Å². The van der Waals surface area contributed by atoms with Gasteiger partial charge in [-0.15, -0.1) is 0 Å². The SMILES string of the molecule is COCCN(C)c1ccc(CNC(C)CN2CCCCCC2)cn1. The number of methoxy groups -OCH3 is 1. The molecule has 0 radical (unpaired) electrons. The number of hydrogen-bond donors (Lipinski definition) is 1. The van der Waals surface area contributed by atoms with Crippen LogP contribution < -0.4 is 10.2 Å². The maximum atomic E-state index is 5.11. The molecular weight excluding hydrogens is 300 g/mol. The third kappa shape index (κ3) is 6.75. The number of likely N-dealkylation sites (N-methyl/N-ethyl adjacent to an activating group) is 1. The number of hydrogen-bond acceptors (Lipinski definition) is 5. The Hall–Kier alpha value is -1.17. The van der Waals surface area contributed by atoms with Gasteiger partial charge in [-0.1, -0.05) is 18.9 Å². The first kappa shape index (κ1) is 19.2. The number of pyridine rings is 1. The van der Waals surface area contributed by atoms with Crippen molar-refractivity contribution >= 4 is 5.82 Å². The van der Waals surface area contributed by atoms with Crippen LogP contribution >= 0.6 is 0 Å². The fraction of sp³-hybridized carbons (Fsp3) is 0.737. The van der Waals surface area contributed by atoms with Crippen LogP contribution in [0.25, 0.3) is 0 Å². The number of anilines is 1.